The number of hydrogen-bond acceptors (Lipinski definition) is 4. The number of benzene rings is 1. The van der Waals surface area contributed by atoms with Crippen molar-refractivity contribution in [2.75, 3.05) is 0 Å². The van der Waals surface area contributed by atoms with E-state index >= 15 is 0 Å². The third kappa shape index (κ3) is 3.85. The Morgan fingerprint density at radius 1 is 1.30 bits per heavy atom. The van der Waals surface area contributed by atoms with E-state index in [0.717, 1.165) is 21.4 Å². The first-order chi connectivity index (χ1) is 9.56. The second-order valence-corrected chi connectivity index (χ2v) is 5.26. The first-order valence-electron chi connectivity index (χ1n) is 6.12. The Bertz CT molecular complexity index is 632. The van der Waals surface area contributed by atoms with E-state index in [1.165, 1.54) is 12.1 Å². The van der Waals surface area contributed by atoms with Gasteiger partial charge in [0, 0.05) is 35.4 Å². The summed E-state index contributed by atoms with van der Waals surface area (Å²) in [5, 5.41) is 13.9. The molecule has 0 aliphatic heterocycles. The molecule has 1 heterocycles. The van der Waals surface area contributed by atoms with Crippen molar-refractivity contribution < 1.29 is 4.92 Å². The van der Waals surface area contributed by atoms with Gasteiger partial charge in [-0.25, -0.2) is 0 Å². The summed E-state index contributed by atoms with van der Waals surface area (Å²) in [5.74, 6) is 0. The number of nitrogens with zero attached hydrogens (tertiary/aromatic N) is 2. The van der Waals surface area contributed by atoms with Crippen LogP contribution >= 0.6 is 15.9 Å². The van der Waals surface area contributed by atoms with E-state index in [2.05, 4.69) is 26.2 Å². The molecule has 2 rings (SSSR count). The molecule has 5 nitrogen and oxygen atoms in total. The number of nitro benzene ring substituents is 1. The molecule has 0 spiro atoms. The lowest BCUT2D eigenvalue weighted by molar-refractivity contribution is -0.384. The van der Waals surface area contributed by atoms with Crippen molar-refractivity contribution in [3.8, 4) is 0 Å². The number of rotatable bonds is 5. The molecule has 2 aromatic rings. The fourth-order valence-electron chi connectivity index (χ4n) is 1.82. The quantitative estimate of drug-likeness (QED) is 0.672. The van der Waals surface area contributed by atoms with E-state index in [9.17, 15) is 10.1 Å². The minimum Gasteiger partial charge on any atom is -0.307 e. The second-order valence-electron chi connectivity index (χ2n) is 4.41. The van der Waals surface area contributed by atoms with E-state index in [1.807, 2.05) is 25.1 Å². The van der Waals surface area contributed by atoms with Crippen LogP contribution in [0.2, 0.25) is 0 Å². The van der Waals surface area contributed by atoms with Crippen LogP contribution in [0.25, 0.3) is 0 Å². The van der Waals surface area contributed by atoms with Crippen LogP contribution < -0.4 is 5.32 Å². The lowest BCUT2D eigenvalue weighted by Gasteiger charge is -2.07. The summed E-state index contributed by atoms with van der Waals surface area (Å²) < 4.78 is 0.733. The van der Waals surface area contributed by atoms with E-state index < -0.39 is 4.92 Å². The maximum absolute atomic E-state index is 10.7. The fraction of sp³-hybridized carbons (Fsp3) is 0.214. The smallest absolute Gasteiger partial charge is 0.270 e. The maximum Gasteiger partial charge on any atom is 0.270 e. The molecule has 1 aromatic heterocycles. The average Bonchev–Trinajstić information content (AvgIpc) is 2.40. The molecule has 0 bridgehead atoms. The molecule has 6 heteroatoms. The van der Waals surface area contributed by atoms with Crippen LogP contribution in [0.5, 0.6) is 0 Å². The molecule has 0 unspecified atom stereocenters. The first-order valence-corrected chi connectivity index (χ1v) is 6.91. The van der Waals surface area contributed by atoms with Gasteiger partial charge in [-0.05, 0) is 30.7 Å². The van der Waals surface area contributed by atoms with Gasteiger partial charge in [0.15, 0.2) is 0 Å². The normalized spacial score (nSPS) is 10.5. The highest BCUT2D eigenvalue weighted by Gasteiger charge is 2.08. The van der Waals surface area contributed by atoms with Gasteiger partial charge in [-0.1, -0.05) is 22.0 Å². The van der Waals surface area contributed by atoms with E-state index in [4.69, 9.17) is 0 Å². The summed E-state index contributed by atoms with van der Waals surface area (Å²) in [4.78, 5) is 14.7. The second kappa shape index (κ2) is 6.58. The highest BCUT2D eigenvalue weighted by Crippen LogP contribution is 2.22. The third-order valence-corrected chi connectivity index (χ3v) is 3.55. The highest BCUT2D eigenvalue weighted by molar-refractivity contribution is 9.10. The Labute approximate surface area is 125 Å². The zero-order chi connectivity index (χ0) is 14.5. The summed E-state index contributed by atoms with van der Waals surface area (Å²) in [7, 11) is 0. The Hall–Kier alpha value is -1.79. The predicted molar refractivity (Wildman–Crippen MR) is 80.3 cm³/mol. The zero-order valence-electron chi connectivity index (χ0n) is 11.0. The molecule has 0 fully saturated rings. The van der Waals surface area contributed by atoms with Gasteiger partial charge in [0.2, 0.25) is 0 Å². The van der Waals surface area contributed by atoms with E-state index in [1.54, 1.807) is 6.07 Å². The van der Waals surface area contributed by atoms with Crippen molar-refractivity contribution in [1.29, 1.82) is 0 Å². The lowest BCUT2D eigenvalue weighted by atomic mass is 10.2. The van der Waals surface area contributed by atoms with Gasteiger partial charge in [-0.2, -0.15) is 0 Å². The summed E-state index contributed by atoms with van der Waals surface area (Å²) in [5.41, 5.74) is 3.02. The maximum atomic E-state index is 10.7. The topological polar surface area (TPSA) is 68.1 Å². The van der Waals surface area contributed by atoms with Crippen molar-refractivity contribution in [1.82, 2.24) is 10.3 Å². The third-order valence-electron chi connectivity index (χ3n) is 2.82. The molecule has 0 atom stereocenters. The zero-order valence-corrected chi connectivity index (χ0v) is 12.6. The number of pyridine rings is 1. The van der Waals surface area contributed by atoms with Crippen molar-refractivity contribution in [3.63, 3.8) is 0 Å². The number of nitrogens with one attached hydrogen (secondary N) is 1. The Kier molecular flexibility index (Phi) is 4.81. The fourth-order valence-corrected chi connectivity index (χ4v) is 2.32. The molecule has 104 valence electrons. The molecule has 0 aliphatic rings. The van der Waals surface area contributed by atoms with Crippen LogP contribution in [0, 0.1) is 17.0 Å². The SMILES string of the molecule is Cc1cccc(CNCc2ccc([N+](=O)[O-])cc2Br)n1. The van der Waals surface area contributed by atoms with Crippen molar-refractivity contribution in [2.45, 2.75) is 20.0 Å². The number of hydrogen-bond donors (Lipinski definition) is 1. The van der Waals surface area contributed by atoms with Crippen LogP contribution in [0.4, 0.5) is 5.69 Å². The molecule has 0 amide bonds. The van der Waals surface area contributed by atoms with Gasteiger partial charge in [-0.15, -0.1) is 0 Å². The number of aryl methyl sites for hydroxylation is 1. The van der Waals surface area contributed by atoms with Crippen LogP contribution in [0.15, 0.2) is 40.9 Å². The van der Waals surface area contributed by atoms with Crippen LogP contribution in [-0.2, 0) is 13.1 Å². The van der Waals surface area contributed by atoms with Crippen molar-refractivity contribution in [2.24, 2.45) is 0 Å². The van der Waals surface area contributed by atoms with Crippen LogP contribution in [0.1, 0.15) is 17.0 Å². The van der Waals surface area contributed by atoms with Gasteiger partial charge in [-0.3, -0.25) is 15.1 Å². The lowest BCUT2D eigenvalue weighted by Crippen LogP contribution is -2.14. The first kappa shape index (κ1) is 14.6. The standard InChI is InChI=1S/C14H14BrN3O2/c1-10-3-2-4-12(17-10)9-16-8-11-5-6-13(18(19)20)7-14(11)15/h2-7,16H,8-9H2,1H3. The van der Waals surface area contributed by atoms with E-state index in [0.29, 0.717) is 13.1 Å². The molecular weight excluding hydrogens is 322 g/mol. The summed E-state index contributed by atoms with van der Waals surface area (Å²) in [6.07, 6.45) is 0. The van der Waals surface area contributed by atoms with Crippen molar-refractivity contribution in [3.05, 3.63) is 67.9 Å². The average molecular weight is 336 g/mol. The van der Waals surface area contributed by atoms with Gasteiger partial charge in [0.25, 0.3) is 5.69 Å². The molecule has 1 N–H and O–H groups in total. The monoisotopic (exact) mass is 335 g/mol. The number of aromatic nitrogens is 1. The van der Waals surface area contributed by atoms with Crippen molar-refractivity contribution >= 4 is 21.6 Å². The molecule has 0 aliphatic carbocycles. The molecule has 0 saturated carbocycles. The van der Waals surface area contributed by atoms with Crippen LogP contribution in [0.3, 0.4) is 0 Å². The highest BCUT2D eigenvalue weighted by atomic mass is 79.9. The van der Waals surface area contributed by atoms with Gasteiger partial charge in [0.05, 0.1) is 10.6 Å². The molecule has 20 heavy (non-hydrogen) atoms. The Morgan fingerprint density at radius 2 is 2.10 bits per heavy atom. The number of halogens is 1. The molecule has 0 saturated heterocycles. The van der Waals surface area contributed by atoms with Gasteiger partial charge in [0.1, 0.15) is 0 Å². The molecule has 1 aromatic carbocycles. The minimum atomic E-state index is -0.404. The molecular formula is C14H14BrN3O2. The Balaban J connectivity index is 1.96. The number of non-ortho nitro benzene ring substituents is 1. The summed E-state index contributed by atoms with van der Waals surface area (Å²) in [6.45, 7) is 3.23. The minimum absolute atomic E-state index is 0.0842. The van der Waals surface area contributed by atoms with E-state index in [-0.39, 0.29) is 5.69 Å². The van der Waals surface area contributed by atoms with Crippen LogP contribution in [-0.4, -0.2) is 9.91 Å². The number of nitro groups is 1. The molecule has 0 radical (unpaired) electrons. The summed E-state index contributed by atoms with van der Waals surface area (Å²) >= 11 is 3.35. The Morgan fingerprint density at radius 3 is 2.75 bits per heavy atom. The summed E-state index contributed by atoms with van der Waals surface area (Å²) in [6, 6.07) is 10.7. The predicted octanol–water partition coefficient (Wildman–Crippen LogP) is 3.35. The van der Waals surface area contributed by atoms with Gasteiger partial charge >= 0.3 is 0 Å². The largest absolute Gasteiger partial charge is 0.307 e. The van der Waals surface area contributed by atoms with Gasteiger partial charge < -0.3 is 5.32 Å².